The SMILES string of the molecule is C.SCCCCC[P+](c1ccccc1)(c1ccccc1)c1ccccc1.[Br-]. The van der Waals surface area contributed by atoms with Crippen molar-refractivity contribution in [3.63, 3.8) is 0 Å². The highest BCUT2D eigenvalue weighted by Crippen LogP contribution is 2.55. The Hall–Kier alpha value is -1.08. The van der Waals surface area contributed by atoms with Gasteiger partial charge in [0.2, 0.25) is 0 Å². The molecule has 0 atom stereocenters. The zero-order valence-electron chi connectivity index (χ0n) is 15.0. The van der Waals surface area contributed by atoms with E-state index in [-0.39, 0.29) is 24.4 Å². The van der Waals surface area contributed by atoms with E-state index >= 15 is 0 Å². The van der Waals surface area contributed by atoms with Gasteiger partial charge in [0.25, 0.3) is 0 Å². The van der Waals surface area contributed by atoms with Crippen LogP contribution in [0.2, 0.25) is 0 Å². The van der Waals surface area contributed by atoms with Crippen LogP contribution in [-0.2, 0) is 0 Å². The normalized spacial score (nSPS) is 10.6. The molecular weight excluding hydrogens is 431 g/mol. The predicted octanol–water partition coefficient (Wildman–Crippen LogP) is 2.72. The number of rotatable bonds is 8. The Kier molecular flexibility index (Phi) is 11.0. The molecule has 0 saturated carbocycles. The molecule has 0 amide bonds. The highest BCUT2D eigenvalue weighted by atomic mass is 79.9. The number of hydrogen-bond donors (Lipinski definition) is 1. The Morgan fingerprint density at radius 3 is 1.26 bits per heavy atom. The molecule has 0 nitrogen and oxygen atoms in total. The first-order valence-corrected chi connectivity index (χ1v) is 11.6. The second-order valence-corrected chi connectivity index (χ2v) is 10.4. The quantitative estimate of drug-likeness (QED) is 0.298. The summed E-state index contributed by atoms with van der Waals surface area (Å²) in [4.78, 5) is 0. The lowest BCUT2D eigenvalue weighted by molar-refractivity contribution is -0.00000521. The van der Waals surface area contributed by atoms with Crippen molar-refractivity contribution in [2.45, 2.75) is 26.7 Å². The summed E-state index contributed by atoms with van der Waals surface area (Å²) in [6.45, 7) is 0. The first kappa shape index (κ1) is 24.0. The zero-order chi connectivity index (χ0) is 17.4. The topological polar surface area (TPSA) is 0 Å². The Labute approximate surface area is 181 Å². The molecule has 3 rings (SSSR count). The average Bonchev–Trinajstić information content (AvgIpc) is 2.70. The van der Waals surface area contributed by atoms with E-state index in [1.54, 1.807) is 0 Å². The fourth-order valence-corrected chi connectivity index (χ4v) is 8.15. The third kappa shape index (κ3) is 5.70. The molecule has 0 heterocycles. The molecule has 3 aromatic carbocycles. The highest BCUT2D eigenvalue weighted by molar-refractivity contribution is 7.95. The predicted molar refractivity (Wildman–Crippen MR) is 124 cm³/mol. The summed E-state index contributed by atoms with van der Waals surface area (Å²) in [5.41, 5.74) is 0. The standard InChI is InChI=1S/C23H25PS.CH4.BrH/c25-20-12-4-11-19-24(21-13-5-1-6-14-21,22-15-7-2-8-16-22)23-17-9-3-10-18-23;;/h1-3,5-10,13-18H,4,11-12,19-20H2;1H4;1H. The summed E-state index contributed by atoms with van der Waals surface area (Å²) >= 11 is 4.38. The fraction of sp³-hybridized carbons (Fsp3) is 0.250. The van der Waals surface area contributed by atoms with Gasteiger partial charge in [-0.05, 0) is 61.4 Å². The van der Waals surface area contributed by atoms with E-state index in [0.29, 0.717) is 0 Å². The molecule has 3 aromatic rings. The van der Waals surface area contributed by atoms with Crippen LogP contribution in [0.5, 0.6) is 0 Å². The summed E-state index contributed by atoms with van der Waals surface area (Å²) in [6, 6.07) is 33.4. The van der Waals surface area contributed by atoms with Crippen LogP contribution in [0.25, 0.3) is 0 Å². The lowest BCUT2D eigenvalue weighted by atomic mass is 10.3. The van der Waals surface area contributed by atoms with Crippen molar-refractivity contribution in [3.8, 4) is 0 Å². The van der Waals surface area contributed by atoms with Crippen molar-refractivity contribution in [3.05, 3.63) is 91.0 Å². The molecular formula is C24H30BrPS. The van der Waals surface area contributed by atoms with E-state index in [1.165, 1.54) is 41.3 Å². The zero-order valence-corrected chi connectivity index (χ0v) is 18.3. The van der Waals surface area contributed by atoms with Gasteiger partial charge < -0.3 is 17.0 Å². The maximum Gasteiger partial charge on any atom is 0.112 e. The average molecular weight is 461 g/mol. The lowest BCUT2D eigenvalue weighted by Crippen LogP contribution is -3.00. The highest BCUT2D eigenvalue weighted by Gasteiger charge is 2.44. The summed E-state index contributed by atoms with van der Waals surface area (Å²) in [7, 11) is -1.62. The van der Waals surface area contributed by atoms with Gasteiger partial charge in [-0.1, -0.05) is 62.0 Å². The van der Waals surface area contributed by atoms with E-state index in [4.69, 9.17) is 0 Å². The lowest BCUT2D eigenvalue weighted by Gasteiger charge is -2.27. The fourth-order valence-electron chi connectivity index (χ4n) is 3.52. The second-order valence-electron chi connectivity index (χ2n) is 6.32. The van der Waals surface area contributed by atoms with Gasteiger partial charge in [-0.2, -0.15) is 12.6 Å². The van der Waals surface area contributed by atoms with Gasteiger partial charge in [0.05, 0.1) is 6.16 Å². The van der Waals surface area contributed by atoms with E-state index in [1.807, 2.05) is 0 Å². The molecule has 0 N–H and O–H groups in total. The molecule has 0 unspecified atom stereocenters. The number of hydrogen-bond acceptors (Lipinski definition) is 1. The minimum atomic E-state index is -1.62. The van der Waals surface area contributed by atoms with Crippen LogP contribution in [0.4, 0.5) is 0 Å². The van der Waals surface area contributed by atoms with E-state index in [0.717, 1.165) is 5.75 Å². The molecule has 0 fully saturated rings. The first-order chi connectivity index (χ1) is 12.4. The smallest absolute Gasteiger partial charge is 0.112 e. The van der Waals surface area contributed by atoms with Gasteiger partial charge >= 0.3 is 0 Å². The third-order valence-electron chi connectivity index (χ3n) is 4.74. The monoisotopic (exact) mass is 460 g/mol. The maximum atomic E-state index is 4.38. The number of unbranched alkanes of at least 4 members (excludes halogenated alkanes) is 2. The largest absolute Gasteiger partial charge is 1.00 e. The Morgan fingerprint density at radius 2 is 0.926 bits per heavy atom. The number of thiol groups is 1. The minimum Gasteiger partial charge on any atom is -1.00 e. The van der Waals surface area contributed by atoms with Gasteiger partial charge in [-0.3, -0.25) is 0 Å². The van der Waals surface area contributed by atoms with Crippen LogP contribution in [0.15, 0.2) is 91.0 Å². The van der Waals surface area contributed by atoms with Crippen molar-refractivity contribution in [2.24, 2.45) is 0 Å². The van der Waals surface area contributed by atoms with Crippen molar-refractivity contribution in [1.82, 2.24) is 0 Å². The molecule has 0 saturated heterocycles. The van der Waals surface area contributed by atoms with Gasteiger partial charge in [-0.25, -0.2) is 0 Å². The van der Waals surface area contributed by atoms with Crippen LogP contribution in [0.3, 0.4) is 0 Å². The van der Waals surface area contributed by atoms with Crippen LogP contribution in [-0.4, -0.2) is 11.9 Å². The van der Waals surface area contributed by atoms with Crippen LogP contribution in [0.1, 0.15) is 26.7 Å². The molecule has 0 aromatic heterocycles. The number of benzene rings is 3. The van der Waals surface area contributed by atoms with Crippen molar-refractivity contribution >= 4 is 35.8 Å². The minimum absolute atomic E-state index is 0. The van der Waals surface area contributed by atoms with Gasteiger partial charge in [0.1, 0.15) is 23.2 Å². The summed E-state index contributed by atoms with van der Waals surface area (Å²) in [5.74, 6) is 0.980. The summed E-state index contributed by atoms with van der Waals surface area (Å²) < 4.78 is 0. The maximum absolute atomic E-state index is 4.38. The molecule has 0 aliphatic heterocycles. The molecule has 0 bridgehead atoms. The van der Waals surface area contributed by atoms with E-state index < -0.39 is 7.26 Å². The van der Waals surface area contributed by atoms with Gasteiger partial charge in [0, 0.05) is 0 Å². The van der Waals surface area contributed by atoms with Crippen molar-refractivity contribution < 1.29 is 17.0 Å². The van der Waals surface area contributed by atoms with E-state index in [9.17, 15) is 0 Å². The van der Waals surface area contributed by atoms with Crippen molar-refractivity contribution in [1.29, 1.82) is 0 Å². The van der Waals surface area contributed by atoms with Crippen LogP contribution < -0.4 is 32.9 Å². The number of halogens is 1. The summed E-state index contributed by atoms with van der Waals surface area (Å²) in [6.07, 6.45) is 4.91. The molecule has 144 valence electrons. The third-order valence-corrected chi connectivity index (χ3v) is 9.58. The Bertz CT molecular complexity index is 650. The molecule has 0 aliphatic rings. The summed E-state index contributed by atoms with van der Waals surface area (Å²) in [5, 5.41) is 4.45. The van der Waals surface area contributed by atoms with Crippen LogP contribution in [0, 0.1) is 0 Å². The van der Waals surface area contributed by atoms with Gasteiger partial charge in [0.15, 0.2) is 0 Å². The van der Waals surface area contributed by atoms with Crippen LogP contribution >= 0.6 is 19.9 Å². The first-order valence-electron chi connectivity index (χ1n) is 9.04. The van der Waals surface area contributed by atoms with Gasteiger partial charge in [-0.15, -0.1) is 0 Å². The second kappa shape index (κ2) is 12.4. The molecule has 0 radical (unpaired) electrons. The molecule has 27 heavy (non-hydrogen) atoms. The van der Waals surface area contributed by atoms with Crippen molar-refractivity contribution in [2.75, 3.05) is 11.9 Å². The molecule has 0 aliphatic carbocycles. The molecule has 3 heteroatoms. The molecule has 0 spiro atoms. The Morgan fingerprint density at radius 1 is 0.556 bits per heavy atom. The van der Waals surface area contributed by atoms with E-state index in [2.05, 4.69) is 104 Å². The Balaban J connectivity index is 0.00000182.